The number of ketones is 1. The largest absolute Gasteiger partial charge is 0.466 e. The number of rotatable bonds is 6. The first-order valence-corrected chi connectivity index (χ1v) is 5.74. The standard InChI is InChI=1S/C15H16O3/c1-18-15(17)12-8-3-2-7-11-14(16)13-9-5-4-6-10-13/h4-12H,2-3H2,1H3/b11-7+,12-8+. The maximum absolute atomic E-state index is 11.7. The third-order valence-electron chi connectivity index (χ3n) is 2.28. The number of hydrogen-bond donors (Lipinski definition) is 0. The molecular weight excluding hydrogens is 228 g/mol. The Morgan fingerprint density at radius 1 is 1.06 bits per heavy atom. The average Bonchev–Trinajstić information content (AvgIpc) is 2.43. The highest BCUT2D eigenvalue weighted by molar-refractivity contribution is 6.04. The molecule has 0 saturated heterocycles. The molecule has 0 aromatic heterocycles. The van der Waals surface area contributed by atoms with E-state index in [1.807, 2.05) is 18.2 Å². The van der Waals surface area contributed by atoms with Gasteiger partial charge >= 0.3 is 5.97 Å². The second-order valence-electron chi connectivity index (χ2n) is 3.64. The van der Waals surface area contributed by atoms with Gasteiger partial charge in [-0.2, -0.15) is 0 Å². The number of unbranched alkanes of at least 4 members (excludes halogenated alkanes) is 1. The molecule has 0 radical (unpaired) electrons. The molecule has 94 valence electrons. The maximum atomic E-state index is 11.7. The van der Waals surface area contributed by atoms with Crippen molar-refractivity contribution < 1.29 is 14.3 Å². The van der Waals surface area contributed by atoms with E-state index in [1.165, 1.54) is 13.2 Å². The molecule has 0 aliphatic carbocycles. The predicted octanol–water partition coefficient (Wildman–Crippen LogP) is 2.93. The summed E-state index contributed by atoms with van der Waals surface area (Å²) in [4.78, 5) is 22.4. The van der Waals surface area contributed by atoms with Crippen LogP contribution < -0.4 is 0 Å². The van der Waals surface area contributed by atoms with Gasteiger partial charge in [-0.3, -0.25) is 4.79 Å². The van der Waals surface area contributed by atoms with Crippen molar-refractivity contribution in [2.75, 3.05) is 7.11 Å². The van der Waals surface area contributed by atoms with Gasteiger partial charge in [-0.25, -0.2) is 4.79 Å². The van der Waals surface area contributed by atoms with Gasteiger partial charge in [-0.15, -0.1) is 0 Å². The van der Waals surface area contributed by atoms with Crippen LogP contribution >= 0.6 is 0 Å². The molecule has 0 atom stereocenters. The summed E-state index contributed by atoms with van der Waals surface area (Å²) >= 11 is 0. The van der Waals surface area contributed by atoms with Gasteiger partial charge < -0.3 is 4.74 Å². The molecule has 1 aromatic carbocycles. The summed E-state index contributed by atoms with van der Waals surface area (Å²) in [6.07, 6.45) is 7.88. The Morgan fingerprint density at radius 2 is 1.67 bits per heavy atom. The molecule has 1 aromatic rings. The van der Waals surface area contributed by atoms with Crippen molar-refractivity contribution in [3.05, 3.63) is 60.2 Å². The third kappa shape index (κ3) is 5.25. The van der Waals surface area contributed by atoms with Crippen LogP contribution in [0.5, 0.6) is 0 Å². The van der Waals surface area contributed by atoms with Crippen molar-refractivity contribution in [3.8, 4) is 0 Å². The first kappa shape index (κ1) is 13.9. The van der Waals surface area contributed by atoms with E-state index in [4.69, 9.17) is 0 Å². The lowest BCUT2D eigenvalue weighted by Crippen LogP contribution is -1.93. The zero-order chi connectivity index (χ0) is 13.2. The molecule has 0 amide bonds. The number of hydrogen-bond acceptors (Lipinski definition) is 3. The van der Waals surface area contributed by atoms with E-state index in [2.05, 4.69) is 4.74 Å². The number of esters is 1. The lowest BCUT2D eigenvalue weighted by Gasteiger charge is -1.93. The lowest BCUT2D eigenvalue weighted by molar-refractivity contribution is -0.134. The monoisotopic (exact) mass is 244 g/mol. The Bertz CT molecular complexity index is 444. The van der Waals surface area contributed by atoms with E-state index < -0.39 is 0 Å². The summed E-state index contributed by atoms with van der Waals surface area (Å²) in [6.45, 7) is 0. The van der Waals surface area contributed by atoms with E-state index in [-0.39, 0.29) is 11.8 Å². The molecule has 0 heterocycles. The Kier molecular flexibility index (Phi) is 6.19. The van der Waals surface area contributed by atoms with Gasteiger partial charge in [-0.1, -0.05) is 42.5 Å². The highest BCUT2D eigenvalue weighted by atomic mass is 16.5. The van der Waals surface area contributed by atoms with Crippen molar-refractivity contribution in [1.29, 1.82) is 0 Å². The second kappa shape index (κ2) is 8.01. The van der Waals surface area contributed by atoms with Crippen LogP contribution in [0.4, 0.5) is 0 Å². The van der Waals surface area contributed by atoms with Gasteiger partial charge in [0.1, 0.15) is 0 Å². The number of methoxy groups -OCH3 is 1. The number of carbonyl (C=O) groups excluding carboxylic acids is 2. The van der Waals surface area contributed by atoms with Crippen LogP contribution in [0, 0.1) is 0 Å². The first-order chi connectivity index (χ1) is 8.74. The molecule has 1 rings (SSSR count). The third-order valence-corrected chi connectivity index (χ3v) is 2.28. The summed E-state index contributed by atoms with van der Waals surface area (Å²) in [5, 5.41) is 0. The van der Waals surface area contributed by atoms with Crippen LogP contribution in [0.2, 0.25) is 0 Å². The van der Waals surface area contributed by atoms with Gasteiger partial charge in [0.05, 0.1) is 7.11 Å². The molecular formula is C15H16O3. The zero-order valence-corrected chi connectivity index (χ0v) is 10.3. The van der Waals surface area contributed by atoms with Gasteiger partial charge in [0.2, 0.25) is 0 Å². The van der Waals surface area contributed by atoms with Crippen LogP contribution in [0.15, 0.2) is 54.6 Å². The lowest BCUT2D eigenvalue weighted by atomic mass is 10.1. The number of ether oxygens (including phenoxy) is 1. The van der Waals surface area contributed by atoms with Crippen molar-refractivity contribution in [2.24, 2.45) is 0 Å². The molecule has 0 saturated carbocycles. The maximum Gasteiger partial charge on any atom is 0.330 e. The fraction of sp³-hybridized carbons (Fsp3) is 0.200. The Labute approximate surface area is 107 Å². The molecule has 0 bridgehead atoms. The summed E-state index contributed by atoms with van der Waals surface area (Å²) in [5.41, 5.74) is 0.679. The van der Waals surface area contributed by atoms with Crippen molar-refractivity contribution >= 4 is 11.8 Å². The number of allylic oxidation sites excluding steroid dienone is 3. The summed E-state index contributed by atoms with van der Waals surface area (Å²) in [6, 6.07) is 9.10. The van der Waals surface area contributed by atoms with Crippen molar-refractivity contribution in [1.82, 2.24) is 0 Å². The average molecular weight is 244 g/mol. The Hall–Kier alpha value is -2.16. The fourth-order valence-corrected chi connectivity index (χ4v) is 1.33. The van der Waals surface area contributed by atoms with Crippen LogP contribution in [0.1, 0.15) is 23.2 Å². The predicted molar refractivity (Wildman–Crippen MR) is 70.3 cm³/mol. The summed E-state index contributed by atoms with van der Waals surface area (Å²) < 4.78 is 4.45. The van der Waals surface area contributed by atoms with E-state index >= 15 is 0 Å². The number of carbonyl (C=O) groups is 2. The van der Waals surface area contributed by atoms with E-state index in [1.54, 1.807) is 30.4 Å². The van der Waals surface area contributed by atoms with Gasteiger partial charge in [0.15, 0.2) is 5.78 Å². The van der Waals surface area contributed by atoms with Crippen molar-refractivity contribution in [2.45, 2.75) is 12.8 Å². The van der Waals surface area contributed by atoms with Crippen LogP contribution in [-0.4, -0.2) is 18.9 Å². The topological polar surface area (TPSA) is 43.4 Å². The van der Waals surface area contributed by atoms with E-state index in [9.17, 15) is 9.59 Å². The normalized spacial score (nSPS) is 10.9. The Morgan fingerprint density at radius 3 is 2.28 bits per heavy atom. The highest BCUT2D eigenvalue weighted by Crippen LogP contribution is 2.02. The van der Waals surface area contributed by atoms with Crippen LogP contribution in [0.25, 0.3) is 0 Å². The van der Waals surface area contributed by atoms with Gasteiger partial charge in [-0.05, 0) is 18.9 Å². The fourth-order valence-electron chi connectivity index (χ4n) is 1.33. The SMILES string of the molecule is COC(=O)/C=C/CC/C=C/C(=O)c1ccccc1. The highest BCUT2D eigenvalue weighted by Gasteiger charge is 1.98. The molecule has 0 N–H and O–H groups in total. The first-order valence-electron chi connectivity index (χ1n) is 5.74. The van der Waals surface area contributed by atoms with Crippen LogP contribution in [0.3, 0.4) is 0 Å². The molecule has 0 fully saturated rings. The molecule has 0 spiro atoms. The minimum atomic E-state index is -0.362. The molecule has 0 unspecified atom stereocenters. The number of benzene rings is 1. The second-order valence-corrected chi connectivity index (χ2v) is 3.64. The van der Waals surface area contributed by atoms with E-state index in [0.29, 0.717) is 18.4 Å². The molecule has 0 aliphatic rings. The summed E-state index contributed by atoms with van der Waals surface area (Å²) in [5.74, 6) is -0.369. The quantitative estimate of drug-likeness (QED) is 0.334. The molecule has 18 heavy (non-hydrogen) atoms. The molecule has 3 nitrogen and oxygen atoms in total. The minimum Gasteiger partial charge on any atom is -0.466 e. The minimum absolute atomic E-state index is 0.00690. The van der Waals surface area contributed by atoms with Crippen molar-refractivity contribution in [3.63, 3.8) is 0 Å². The summed E-state index contributed by atoms with van der Waals surface area (Å²) in [7, 11) is 1.34. The van der Waals surface area contributed by atoms with Crippen LogP contribution in [-0.2, 0) is 9.53 Å². The van der Waals surface area contributed by atoms with Gasteiger partial charge in [0, 0.05) is 11.6 Å². The Balaban J connectivity index is 2.31. The van der Waals surface area contributed by atoms with Gasteiger partial charge in [0.25, 0.3) is 0 Å². The smallest absolute Gasteiger partial charge is 0.330 e. The van der Waals surface area contributed by atoms with E-state index in [0.717, 1.165) is 0 Å². The zero-order valence-electron chi connectivity index (χ0n) is 10.3. The molecule has 0 aliphatic heterocycles. The molecule has 3 heteroatoms.